The summed E-state index contributed by atoms with van der Waals surface area (Å²) in [5.41, 5.74) is 8.43. The van der Waals surface area contributed by atoms with Crippen molar-refractivity contribution in [3.8, 4) is 0 Å². The molecule has 0 aliphatic heterocycles. The summed E-state index contributed by atoms with van der Waals surface area (Å²) in [4.78, 5) is 32.5. The lowest BCUT2D eigenvalue weighted by Crippen LogP contribution is -2.47. The van der Waals surface area contributed by atoms with Crippen LogP contribution in [0.15, 0.2) is 60.8 Å². The van der Waals surface area contributed by atoms with Crippen LogP contribution in [0, 0.1) is 0 Å². The van der Waals surface area contributed by atoms with Gasteiger partial charge in [0.15, 0.2) is 0 Å². The minimum Gasteiger partial charge on any atom is -0.368 e. The topological polar surface area (TPSA) is 107 Å². The molecule has 0 spiro atoms. The molecule has 0 unspecified atom stereocenters. The highest BCUT2D eigenvalue weighted by Gasteiger charge is 2.19. The van der Waals surface area contributed by atoms with Crippen molar-refractivity contribution in [3.05, 3.63) is 72.1 Å². The quantitative estimate of drug-likeness (QED) is 0.627. The second-order valence-corrected chi connectivity index (χ2v) is 6.06. The highest BCUT2D eigenvalue weighted by atomic mass is 16.5. The average molecular weight is 364 g/mol. The van der Waals surface area contributed by atoms with Gasteiger partial charge in [0.25, 0.3) is 0 Å². The minimum atomic E-state index is -0.881. The van der Waals surface area contributed by atoms with Gasteiger partial charge in [0.1, 0.15) is 12.6 Å². The van der Waals surface area contributed by atoms with Gasteiger partial charge < -0.3 is 15.8 Å². The van der Waals surface area contributed by atoms with E-state index in [1.807, 2.05) is 54.6 Å². The van der Waals surface area contributed by atoms with E-state index in [2.05, 4.69) is 15.3 Å². The average Bonchev–Trinajstić information content (AvgIpc) is 2.68. The first-order chi connectivity index (χ1) is 13.1. The number of hydrogen-bond acceptors (Lipinski definition) is 5. The van der Waals surface area contributed by atoms with Crippen molar-refractivity contribution >= 4 is 22.8 Å². The molecule has 0 saturated carbocycles. The number of nitrogens with one attached hydrogen (secondary N) is 1. The van der Waals surface area contributed by atoms with Crippen LogP contribution in [-0.4, -0.2) is 34.4 Å². The molecule has 138 valence electrons. The van der Waals surface area contributed by atoms with Gasteiger partial charge in [0.2, 0.25) is 11.8 Å². The second-order valence-electron chi connectivity index (χ2n) is 6.06. The first-order valence-corrected chi connectivity index (χ1v) is 8.53. The number of para-hydroxylation sites is 2. The molecule has 7 nitrogen and oxygen atoms in total. The number of ether oxygens (including phenoxy) is 1. The second kappa shape index (κ2) is 8.86. The summed E-state index contributed by atoms with van der Waals surface area (Å²) < 4.78 is 5.38. The minimum absolute atomic E-state index is 0.164. The lowest BCUT2D eigenvalue weighted by molar-refractivity contribution is -0.130. The molecule has 2 amide bonds. The van der Waals surface area contributed by atoms with Gasteiger partial charge in [0, 0.05) is 12.6 Å². The fourth-order valence-electron chi connectivity index (χ4n) is 2.60. The Hall–Kier alpha value is -3.32. The fraction of sp³-hybridized carbons (Fsp3) is 0.200. The Bertz CT molecular complexity index is 931. The van der Waals surface area contributed by atoms with Crippen molar-refractivity contribution in [2.24, 2.45) is 5.73 Å². The molecule has 1 heterocycles. The number of nitrogens with zero attached hydrogens (tertiary/aromatic N) is 2. The first-order valence-electron chi connectivity index (χ1n) is 8.53. The third-order valence-corrected chi connectivity index (χ3v) is 3.94. The van der Waals surface area contributed by atoms with Crippen LogP contribution < -0.4 is 11.1 Å². The van der Waals surface area contributed by atoms with Gasteiger partial charge in [-0.2, -0.15) is 0 Å². The van der Waals surface area contributed by atoms with Crippen LogP contribution in [0.3, 0.4) is 0 Å². The zero-order valence-corrected chi connectivity index (χ0v) is 14.7. The molecule has 0 radical (unpaired) electrons. The standard InChI is InChI=1S/C20H20N4O3/c21-20(26)18(10-15-11-22-16-8-4-5-9-17(16)23-15)24-19(25)13-27-12-14-6-2-1-3-7-14/h1-9,11,18H,10,12-13H2,(H2,21,26)(H,24,25)/t18-/m1/s1. The number of nitrogens with two attached hydrogens (primary N) is 1. The number of aromatic nitrogens is 2. The Morgan fingerprint density at radius 1 is 1.04 bits per heavy atom. The van der Waals surface area contributed by atoms with E-state index in [4.69, 9.17) is 10.5 Å². The molecule has 0 fully saturated rings. The van der Waals surface area contributed by atoms with Crippen molar-refractivity contribution in [1.82, 2.24) is 15.3 Å². The van der Waals surface area contributed by atoms with Crippen molar-refractivity contribution in [1.29, 1.82) is 0 Å². The zero-order chi connectivity index (χ0) is 19.1. The number of rotatable bonds is 8. The van der Waals surface area contributed by atoms with Crippen LogP contribution in [0.4, 0.5) is 0 Å². The summed E-state index contributed by atoms with van der Waals surface area (Å²) in [6, 6.07) is 16.0. The Kier molecular flexibility index (Phi) is 6.06. The molecule has 3 N–H and O–H groups in total. The molecule has 7 heteroatoms. The monoisotopic (exact) mass is 364 g/mol. The van der Waals surface area contributed by atoms with Crippen molar-refractivity contribution < 1.29 is 14.3 Å². The van der Waals surface area contributed by atoms with Gasteiger partial charge in [-0.3, -0.25) is 14.6 Å². The van der Waals surface area contributed by atoms with E-state index in [0.29, 0.717) is 12.3 Å². The smallest absolute Gasteiger partial charge is 0.246 e. The van der Waals surface area contributed by atoms with E-state index in [0.717, 1.165) is 16.6 Å². The molecule has 0 aliphatic rings. The highest BCUT2D eigenvalue weighted by molar-refractivity contribution is 5.87. The van der Waals surface area contributed by atoms with Crippen molar-refractivity contribution in [3.63, 3.8) is 0 Å². The summed E-state index contributed by atoms with van der Waals surface area (Å²) in [6.45, 7) is 0.147. The maximum Gasteiger partial charge on any atom is 0.246 e. The number of fused-ring (bicyclic) bond motifs is 1. The molecular weight excluding hydrogens is 344 g/mol. The van der Waals surface area contributed by atoms with Gasteiger partial charge in [-0.05, 0) is 17.7 Å². The number of carbonyl (C=O) groups is 2. The SMILES string of the molecule is NC(=O)[C@@H](Cc1cnc2ccccc2n1)NC(=O)COCc1ccccc1. The largest absolute Gasteiger partial charge is 0.368 e. The van der Waals surface area contributed by atoms with E-state index in [1.54, 1.807) is 6.20 Å². The molecule has 0 aliphatic carbocycles. The van der Waals surface area contributed by atoms with Crippen LogP contribution in [0.25, 0.3) is 11.0 Å². The van der Waals surface area contributed by atoms with Crippen molar-refractivity contribution in [2.75, 3.05) is 6.61 Å². The van der Waals surface area contributed by atoms with Crippen LogP contribution in [0.5, 0.6) is 0 Å². The fourth-order valence-corrected chi connectivity index (χ4v) is 2.60. The predicted molar refractivity (Wildman–Crippen MR) is 100 cm³/mol. The molecule has 1 atom stereocenters. The Morgan fingerprint density at radius 2 is 1.74 bits per heavy atom. The maximum atomic E-state index is 12.1. The first kappa shape index (κ1) is 18.5. The molecule has 1 aromatic heterocycles. The van der Waals surface area contributed by atoms with Crippen LogP contribution in [-0.2, 0) is 27.4 Å². The van der Waals surface area contributed by atoms with E-state index in [1.165, 1.54) is 0 Å². The van der Waals surface area contributed by atoms with Crippen molar-refractivity contribution in [2.45, 2.75) is 19.1 Å². The van der Waals surface area contributed by atoms with E-state index in [9.17, 15) is 9.59 Å². The third kappa shape index (κ3) is 5.32. The number of primary amides is 1. The number of carbonyl (C=O) groups excluding carboxylic acids is 2. The predicted octanol–water partition coefficient (Wildman–Crippen LogP) is 1.36. The summed E-state index contributed by atoms with van der Waals surface area (Å²) in [5.74, 6) is -1.05. The Balaban J connectivity index is 1.56. The zero-order valence-electron chi connectivity index (χ0n) is 14.7. The van der Waals surface area contributed by atoms with Gasteiger partial charge in [-0.15, -0.1) is 0 Å². The van der Waals surface area contributed by atoms with Gasteiger partial charge in [-0.25, -0.2) is 4.98 Å². The number of hydrogen-bond donors (Lipinski definition) is 2. The van der Waals surface area contributed by atoms with Gasteiger partial charge >= 0.3 is 0 Å². The maximum absolute atomic E-state index is 12.1. The molecular formula is C20H20N4O3. The Morgan fingerprint density at radius 3 is 2.48 bits per heavy atom. The highest BCUT2D eigenvalue weighted by Crippen LogP contribution is 2.10. The summed E-state index contributed by atoms with van der Waals surface area (Å²) >= 11 is 0. The summed E-state index contributed by atoms with van der Waals surface area (Å²) in [5, 5.41) is 2.59. The molecule has 2 aromatic carbocycles. The van der Waals surface area contributed by atoms with Gasteiger partial charge in [0.05, 0.1) is 23.3 Å². The van der Waals surface area contributed by atoms with Crippen LogP contribution in [0.1, 0.15) is 11.3 Å². The van der Waals surface area contributed by atoms with E-state index < -0.39 is 17.9 Å². The molecule has 3 aromatic rings. The van der Waals surface area contributed by atoms with E-state index in [-0.39, 0.29) is 13.0 Å². The van der Waals surface area contributed by atoms with E-state index >= 15 is 0 Å². The summed E-state index contributed by atoms with van der Waals surface area (Å²) in [6.07, 6.45) is 1.74. The van der Waals surface area contributed by atoms with Crippen LogP contribution >= 0.6 is 0 Å². The normalized spacial score (nSPS) is 11.9. The lowest BCUT2D eigenvalue weighted by atomic mass is 10.1. The Labute approximate surface area is 156 Å². The number of benzene rings is 2. The van der Waals surface area contributed by atoms with Gasteiger partial charge in [-0.1, -0.05) is 42.5 Å². The lowest BCUT2D eigenvalue weighted by Gasteiger charge is -2.15. The van der Waals surface area contributed by atoms with Crippen LogP contribution in [0.2, 0.25) is 0 Å². The third-order valence-electron chi connectivity index (χ3n) is 3.94. The summed E-state index contributed by atoms with van der Waals surface area (Å²) in [7, 11) is 0. The molecule has 0 bridgehead atoms. The molecule has 3 rings (SSSR count). The molecule has 0 saturated heterocycles. The number of amides is 2. The molecule has 27 heavy (non-hydrogen) atoms.